The number of likely N-dealkylation sites (N-methyl/N-ethyl adjacent to an activating group) is 1. The van der Waals surface area contributed by atoms with Crippen LogP contribution >= 0.6 is 11.6 Å². The van der Waals surface area contributed by atoms with E-state index in [9.17, 15) is 34.7 Å². The fourth-order valence-corrected chi connectivity index (χ4v) is 5.13. The Kier molecular flexibility index (Phi) is 13.4. The van der Waals surface area contributed by atoms with Gasteiger partial charge in [-0.1, -0.05) is 67.9 Å². The zero-order valence-electron chi connectivity index (χ0n) is 25.3. The summed E-state index contributed by atoms with van der Waals surface area (Å²) in [6.07, 6.45) is 0.693. The van der Waals surface area contributed by atoms with Crippen molar-refractivity contribution in [3.8, 4) is 0 Å². The summed E-state index contributed by atoms with van der Waals surface area (Å²) in [5.41, 5.74) is 6.24. The molecule has 0 bridgehead atoms. The molecule has 0 saturated heterocycles. The number of aliphatic hydroxyl groups excluding tert-OH is 4. The molecule has 11 heteroatoms. The van der Waals surface area contributed by atoms with E-state index >= 15 is 0 Å². The van der Waals surface area contributed by atoms with E-state index in [-0.39, 0.29) is 5.82 Å². The van der Waals surface area contributed by atoms with Gasteiger partial charge in [-0.2, -0.15) is 5.10 Å². The summed E-state index contributed by atoms with van der Waals surface area (Å²) in [6.45, 7) is 4.02. The van der Waals surface area contributed by atoms with Crippen LogP contribution < -0.4 is 10.4 Å². The molecule has 240 valence electrons. The molecule has 0 spiro atoms. The molecule has 0 aliphatic carbocycles. The Morgan fingerprint density at radius 3 is 2.27 bits per heavy atom. The molecule has 7 N–H and O–H groups in total. The van der Waals surface area contributed by atoms with Crippen LogP contribution in [0.4, 0.5) is 4.39 Å². The van der Waals surface area contributed by atoms with Crippen molar-refractivity contribution >= 4 is 45.7 Å². The van der Waals surface area contributed by atoms with E-state index in [0.29, 0.717) is 24.4 Å². The van der Waals surface area contributed by atoms with Gasteiger partial charge in [-0.15, -0.1) is 0 Å². The van der Waals surface area contributed by atoms with Crippen LogP contribution in [-0.4, -0.2) is 74.6 Å². The van der Waals surface area contributed by atoms with Gasteiger partial charge in [0.2, 0.25) is 0 Å². The van der Waals surface area contributed by atoms with Crippen molar-refractivity contribution in [3.05, 3.63) is 106 Å². The van der Waals surface area contributed by atoms with E-state index in [1.54, 1.807) is 31.6 Å². The first-order valence-corrected chi connectivity index (χ1v) is 15.0. The predicted molar refractivity (Wildman–Crippen MR) is 171 cm³/mol. The van der Waals surface area contributed by atoms with Gasteiger partial charge in [0.05, 0.1) is 35.9 Å². The number of aliphatic carboxylic acids is 1. The first kappa shape index (κ1) is 35.6. The van der Waals surface area contributed by atoms with Crippen molar-refractivity contribution in [2.24, 2.45) is 0 Å². The number of carbonyl (C=O) groups is 1. The fraction of sp³-hybridized carbons (Fsp3) is 0.294. The number of carbonyl (C=O) groups excluding carboxylic acids is 1. The summed E-state index contributed by atoms with van der Waals surface area (Å²) in [5.74, 6) is -1.64. The first-order chi connectivity index (χ1) is 21.5. The Labute approximate surface area is 266 Å². The van der Waals surface area contributed by atoms with E-state index in [0.717, 1.165) is 50.4 Å². The smallest absolute Gasteiger partial charge is 0.131 e. The third-order valence-corrected chi connectivity index (χ3v) is 7.60. The molecule has 3 aromatic carbocycles. The molecule has 0 saturated carbocycles. The van der Waals surface area contributed by atoms with Crippen LogP contribution in [0.25, 0.3) is 28.1 Å². The number of allylic oxidation sites excluding steroid dienone is 1. The maximum absolute atomic E-state index is 13.7. The number of aliphatic hydroxyl groups is 4. The Balaban J connectivity index is 0.000000360. The number of nitrogens with one attached hydrogen (secondary N) is 1. The number of carboxylic acids is 1. The highest BCUT2D eigenvalue weighted by molar-refractivity contribution is 6.32. The van der Waals surface area contributed by atoms with Gasteiger partial charge in [0.15, 0.2) is 0 Å². The number of aromatic amines is 1. The normalized spacial score (nSPS) is 14.8. The van der Waals surface area contributed by atoms with E-state index in [4.69, 9.17) is 11.6 Å². The maximum atomic E-state index is 13.7. The SMILES string of the molecule is CC/C(=C(/c1ccc(/C=C/C(=O)[O-])cc1)c1ccc2[nH]ncc2c1)c1ccc(F)cc1Cl.CC[C@@H](O)[C@@H](O)[C@H](O)[C@@H](O)C[NH2+]C. The Hall–Kier alpha value is -3.90. The Bertz CT molecular complexity index is 1620. The van der Waals surface area contributed by atoms with Crippen LogP contribution in [0.5, 0.6) is 0 Å². The molecule has 0 aliphatic heterocycles. The lowest BCUT2D eigenvalue weighted by atomic mass is 9.87. The average molecular weight is 640 g/mol. The summed E-state index contributed by atoms with van der Waals surface area (Å²) in [6, 6.07) is 18.0. The molecule has 0 unspecified atom stereocenters. The lowest BCUT2D eigenvalue weighted by molar-refractivity contribution is -0.635. The third kappa shape index (κ3) is 9.54. The number of hydrogen-bond donors (Lipinski definition) is 6. The number of benzene rings is 3. The number of hydrogen-bond acceptors (Lipinski definition) is 7. The highest BCUT2D eigenvalue weighted by atomic mass is 35.5. The van der Waals surface area contributed by atoms with Gasteiger partial charge in [0.1, 0.15) is 30.7 Å². The molecule has 4 rings (SSSR count). The molecule has 4 aromatic rings. The largest absolute Gasteiger partial charge is 0.545 e. The minimum atomic E-state index is -1.29. The number of fused-ring (bicyclic) bond motifs is 1. The van der Waals surface area contributed by atoms with Crippen molar-refractivity contribution in [1.29, 1.82) is 0 Å². The zero-order chi connectivity index (χ0) is 33.1. The Morgan fingerprint density at radius 2 is 1.67 bits per heavy atom. The molecule has 4 atom stereocenters. The third-order valence-electron chi connectivity index (χ3n) is 7.29. The van der Waals surface area contributed by atoms with E-state index in [1.807, 2.05) is 49.4 Å². The summed E-state index contributed by atoms with van der Waals surface area (Å²) in [5, 5.41) is 57.9. The van der Waals surface area contributed by atoms with Crippen molar-refractivity contribution in [2.75, 3.05) is 13.6 Å². The Morgan fingerprint density at radius 1 is 1.00 bits per heavy atom. The second kappa shape index (κ2) is 17.0. The summed E-state index contributed by atoms with van der Waals surface area (Å²) in [7, 11) is 1.75. The fourth-order valence-electron chi connectivity index (χ4n) is 4.85. The number of nitrogens with zero attached hydrogens (tertiary/aromatic N) is 1. The molecule has 1 heterocycles. The molecule has 0 amide bonds. The quantitative estimate of drug-likeness (QED) is 0.102. The van der Waals surface area contributed by atoms with Crippen molar-refractivity contribution < 1.29 is 40.0 Å². The zero-order valence-corrected chi connectivity index (χ0v) is 26.1. The van der Waals surface area contributed by atoms with Gasteiger partial charge in [0, 0.05) is 5.39 Å². The molecule has 9 nitrogen and oxygen atoms in total. The van der Waals surface area contributed by atoms with Crippen LogP contribution in [0.1, 0.15) is 48.9 Å². The molecular formula is C34H39ClFN3O6. The van der Waals surface area contributed by atoms with Gasteiger partial charge in [-0.25, -0.2) is 4.39 Å². The van der Waals surface area contributed by atoms with Gasteiger partial charge >= 0.3 is 0 Å². The molecule has 1 aromatic heterocycles. The number of carboxylic acid groups (broad SMARTS) is 1. The van der Waals surface area contributed by atoms with Crippen molar-refractivity contribution in [3.63, 3.8) is 0 Å². The minimum absolute atomic E-state index is 0.300. The highest BCUT2D eigenvalue weighted by Crippen LogP contribution is 2.38. The van der Waals surface area contributed by atoms with E-state index in [2.05, 4.69) is 10.2 Å². The number of H-pyrrole nitrogens is 1. The van der Waals surface area contributed by atoms with Gasteiger partial charge in [-0.3, -0.25) is 5.10 Å². The van der Waals surface area contributed by atoms with Gasteiger partial charge in [-0.05, 0) is 76.6 Å². The summed E-state index contributed by atoms with van der Waals surface area (Å²) in [4.78, 5) is 10.7. The number of rotatable bonds is 12. The standard InChI is InChI=1S/C26H20ClFN2O2.C8H19NO4/c1-2-21(22-10-9-20(28)14-23(22)27)26(18-8-11-24-19(13-18)15-29-30-24)17-6-3-16(4-7-17)5-12-25(31)32;1-3-5(10)7(12)8(13)6(11)4-9-2/h3-15H,2H2,1H3,(H,29,30)(H,31,32);5-13H,3-4H2,1-2H3/b12-5+,26-21+;/t;5-,6+,7-,8-/m.1/s1. The predicted octanol–water partition coefficient (Wildman–Crippen LogP) is 2.52. The van der Waals surface area contributed by atoms with Gasteiger partial charge in [0.25, 0.3) is 0 Å². The minimum Gasteiger partial charge on any atom is -0.545 e. The highest BCUT2D eigenvalue weighted by Gasteiger charge is 2.29. The second-order valence-electron chi connectivity index (χ2n) is 10.4. The van der Waals surface area contributed by atoms with Crippen LogP contribution in [0.3, 0.4) is 0 Å². The number of quaternary nitrogens is 1. The maximum Gasteiger partial charge on any atom is 0.131 e. The monoisotopic (exact) mass is 639 g/mol. The molecule has 0 radical (unpaired) electrons. The molecule has 0 aliphatic rings. The number of aromatic nitrogens is 2. The summed E-state index contributed by atoms with van der Waals surface area (Å²) >= 11 is 6.44. The summed E-state index contributed by atoms with van der Waals surface area (Å²) < 4.78 is 13.7. The number of halogens is 2. The van der Waals surface area contributed by atoms with Crippen LogP contribution in [0.2, 0.25) is 5.02 Å². The number of nitrogens with two attached hydrogens (primary N) is 1. The van der Waals surface area contributed by atoms with Crippen molar-refractivity contribution in [1.82, 2.24) is 10.2 Å². The van der Waals surface area contributed by atoms with Crippen LogP contribution in [-0.2, 0) is 4.79 Å². The van der Waals surface area contributed by atoms with Gasteiger partial charge < -0.3 is 35.6 Å². The molecular weight excluding hydrogens is 601 g/mol. The second-order valence-corrected chi connectivity index (χ2v) is 10.9. The average Bonchev–Trinajstić information content (AvgIpc) is 3.51. The van der Waals surface area contributed by atoms with Crippen molar-refractivity contribution in [2.45, 2.75) is 51.1 Å². The van der Waals surface area contributed by atoms with E-state index < -0.39 is 30.4 Å². The lowest BCUT2D eigenvalue weighted by Crippen LogP contribution is -2.83. The van der Waals surface area contributed by atoms with Crippen LogP contribution in [0.15, 0.2) is 72.9 Å². The van der Waals surface area contributed by atoms with E-state index in [1.165, 1.54) is 18.2 Å². The molecule has 45 heavy (non-hydrogen) atoms. The molecule has 0 fully saturated rings. The first-order valence-electron chi connectivity index (χ1n) is 14.6. The van der Waals surface area contributed by atoms with Crippen LogP contribution in [0, 0.1) is 5.82 Å². The topological polar surface area (TPSA) is 166 Å². The lowest BCUT2D eigenvalue weighted by Gasteiger charge is -2.24.